The number of allylic oxidation sites excluding steroid dienone is 1. The fourth-order valence-electron chi connectivity index (χ4n) is 2.60. The molecule has 1 aromatic carbocycles. The molecule has 0 saturated heterocycles. The minimum absolute atomic E-state index is 0.397. The molecule has 1 rings (SSSR count). The number of rotatable bonds is 8. The Balaban J connectivity index is 3.43. The highest BCUT2D eigenvalue weighted by atomic mass is 16.5. The monoisotopic (exact) mass is 319 g/mol. The van der Waals surface area contributed by atoms with E-state index in [2.05, 4.69) is 6.07 Å². The number of ether oxygens (including phenoxy) is 3. The van der Waals surface area contributed by atoms with Crippen molar-refractivity contribution >= 4 is 0 Å². The summed E-state index contributed by atoms with van der Waals surface area (Å²) in [5.41, 5.74) is 0.966. The third kappa shape index (κ3) is 4.17. The Morgan fingerprint density at radius 2 is 1.70 bits per heavy atom. The summed E-state index contributed by atoms with van der Waals surface area (Å²) in [6, 6.07) is 5.76. The van der Waals surface area contributed by atoms with Gasteiger partial charge in [0.15, 0.2) is 0 Å². The van der Waals surface area contributed by atoms with Gasteiger partial charge in [0, 0.05) is 6.42 Å². The standard InChI is InChI=1S/C18H25NO4/c1-6-18(20,7-2)17-15(22-4)9-13(10-16(17)23-5)8-14(11-19)12-21-3/h9-10,12,20H,6-8H2,1-5H3. The lowest BCUT2D eigenvalue weighted by atomic mass is 9.86. The Morgan fingerprint density at radius 1 is 1.17 bits per heavy atom. The topological polar surface area (TPSA) is 71.7 Å². The van der Waals surface area contributed by atoms with Crippen LogP contribution >= 0.6 is 0 Å². The molecule has 1 aromatic rings. The second-order valence-corrected chi connectivity index (χ2v) is 5.28. The Bertz CT molecular complexity index is 573. The minimum atomic E-state index is -1.02. The molecular formula is C18H25NO4. The van der Waals surface area contributed by atoms with Gasteiger partial charge < -0.3 is 19.3 Å². The molecular weight excluding hydrogens is 294 g/mol. The molecule has 0 amide bonds. The van der Waals surface area contributed by atoms with E-state index in [0.29, 0.717) is 41.9 Å². The first-order chi connectivity index (χ1) is 11.0. The zero-order valence-corrected chi connectivity index (χ0v) is 14.5. The summed E-state index contributed by atoms with van der Waals surface area (Å²) in [7, 11) is 4.62. The lowest BCUT2D eigenvalue weighted by Crippen LogP contribution is -2.25. The van der Waals surface area contributed by atoms with Gasteiger partial charge in [0.05, 0.1) is 50.4 Å². The molecule has 23 heavy (non-hydrogen) atoms. The molecule has 0 aliphatic rings. The molecule has 0 saturated carbocycles. The van der Waals surface area contributed by atoms with Gasteiger partial charge in [0.1, 0.15) is 11.5 Å². The second-order valence-electron chi connectivity index (χ2n) is 5.28. The van der Waals surface area contributed by atoms with Crippen molar-refractivity contribution in [2.45, 2.75) is 38.7 Å². The fourth-order valence-corrected chi connectivity index (χ4v) is 2.60. The van der Waals surface area contributed by atoms with Crippen LogP contribution in [0.3, 0.4) is 0 Å². The van der Waals surface area contributed by atoms with E-state index >= 15 is 0 Å². The third-order valence-electron chi connectivity index (χ3n) is 4.00. The Labute approximate surface area is 138 Å². The molecule has 0 fully saturated rings. The predicted molar refractivity (Wildman–Crippen MR) is 88.4 cm³/mol. The molecule has 0 bridgehead atoms. The molecule has 1 N–H and O–H groups in total. The van der Waals surface area contributed by atoms with E-state index in [0.717, 1.165) is 5.56 Å². The van der Waals surface area contributed by atoms with E-state index in [4.69, 9.17) is 19.5 Å². The first kappa shape index (κ1) is 18.9. The lowest BCUT2D eigenvalue weighted by Gasteiger charge is -2.29. The van der Waals surface area contributed by atoms with Crippen LogP contribution in [0.15, 0.2) is 24.0 Å². The van der Waals surface area contributed by atoms with E-state index < -0.39 is 5.60 Å². The van der Waals surface area contributed by atoms with Crippen LogP contribution in [-0.4, -0.2) is 26.4 Å². The number of nitrogens with zero attached hydrogens (tertiary/aromatic N) is 1. The van der Waals surface area contributed by atoms with Gasteiger partial charge in [-0.2, -0.15) is 5.26 Å². The molecule has 0 aromatic heterocycles. The summed E-state index contributed by atoms with van der Waals surface area (Å²) < 4.78 is 15.9. The van der Waals surface area contributed by atoms with Crippen LogP contribution in [0.25, 0.3) is 0 Å². The van der Waals surface area contributed by atoms with Crippen molar-refractivity contribution in [2.75, 3.05) is 21.3 Å². The molecule has 0 aliphatic heterocycles. The van der Waals surface area contributed by atoms with Gasteiger partial charge in [0.25, 0.3) is 0 Å². The number of nitriles is 1. The maximum Gasteiger partial charge on any atom is 0.128 e. The largest absolute Gasteiger partial charge is 0.503 e. The predicted octanol–water partition coefficient (Wildman–Crippen LogP) is 3.31. The Kier molecular flexibility index (Phi) is 6.92. The molecule has 5 heteroatoms. The summed E-state index contributed by atoms with van der Waals surface area (Å²) >= 11 is 0. The van der Waals surface area contributed by atoms with Crippen molar-refractivity contribution in [1.82, 2.24) is 0 Å². The highest BCUT2D eigenvalue weighted by Crippen LogP contribution is 2.42. The molecule has 0 spiro atoms. The third-order valence-corrected chi connectivity index (χ3v) is 4.00. The molecule has 0 atom stereocenters. The zero-order chi connectivity index (χ0) is 17.5. The number of benzene rings is 1. The molecule has 0 unspecified atom stereocenters. The van der Waals surface area contributed by atoms with Crippen LogP contribution in [0.1, 0.15) is 37.8 Å². The fraction of sp³-hybridized carbons (Fsp3) is 0.500. The molecule has 0 heterocycles. The van der Waals surface area contributed by atoms with Gasteiger partial charge in [0.2, 0.25) is 0 Å². The molecule has 5 nitrogen and oxygen atoms in total. The van der Waals surface area contributed by atoms with Crippen molar-refractivity contribution in [1.29, 1.82) is 5.26 Å². The SMILES string of the molecule is CCC(O)(CC)c1c(OC)cc(CC(C#N)=COC)cc1OC. The lowest BCUT2D eigenvalue weighted by molar-refractivity contribution is 0.0236. The smallest absolute Gasteiger partial charge is 0.128 e. The van der Waals surface area contributed by atoms with Crippen LogP contribution in [0.5, 0.6) is 11.5 Å². The van der Waals surface area contributed by atoms with Crippen molar-refractivity contribution in [3.05, 3.63) is 35.1 Å². The van der Waals surface area contributed by atoms with Crippen molar-refractivity contribution in [3.63, 3.8) is 0 Å². The van der Waals surface area contributed by atoms with Crippen molar-refractivity contribution in [3.8, 4) is 17.6 Å². The van der Waals surface area contributed by atoms with Gasteiger partial charge in [-0.3, -0.25) is 0 Å². The minimum Gasteiger partial charge on any atom is -0.503 e. The van der Waals surface area contributed by atoms with Gasteiger partial charge in [-0.05, 0) is 30.5 Å². The summed E-state index contributed by atoms with van der Waals surface area (Å²) in [5.74, 6) is 1.11. The van der Waals surface area contributed by atoms with Crippen LogP contribution < -0.4 is 9.47 Å². The van der Waals surface area contributed by atoms with Gasteiger partial charge in [-0.1, -0.05) is 13.8 Å². The summed E-state index contributed by atoms with van der Waals surface area (Å²) in [5, 5.41) is 20.0. The second kappa shape index (κ2) is 8.44. The van der Waals surface area contributed by atoms with Crippen LogP contribution in [0.4, 0.5) is 0 Å². The number of hydrogen-bond donors (Lipinski definition) is 1. The molecule has 0 radical (unpaired) electrons. The summed E-state index contributed by atoms with van der Waals surface area (Å²) in [6.07, 6.45) is 2.90. The van der Waals surface area contributed by atoms with Crippen LogP contribution in [0.2, 0.25) is 0 Å². The van der Waals surface area contributed by atoms with Crippen molar-refractivity contribution < 1.29 is 19.3 Å². The Hall–Kier alpha value is -2.19. The molecule has 126 valence electrons. The summed E-state index contributed by atoms with van der Waals surface area (Å²) in [6.45, 7) is 3.84. The highest BCUT2D eigenvalue weighted by molar-refractivity contribution is 5.52. The quantitative estimate of drug-likeness (QED) is 0.588. The maximum atomic E-state index is 10.9. The number of hydrogen-bond acceptors (Lipinski definition) is 5. The Morgan fingerprint density at radius 3 is 2.04 bits per heavy atom. The zero-order valence-electron chi connectivity index (χ0n) is 14.5. The van der Waals surface area contributed by atoms with E-state index in [-0.39, 0.29) is 0 Å². The van der Waals surface area contributed by atoms with Gasteiger partial charge >= 0.3 is 0 Å². The first-order valence-corrected chi connectivity index (χ1v) is 7.59. The van der Waals surface area contributed by atoms with E-state index in [1.807, 2.05) is 26.0 Å². The van der Waals surface area contributed by atoms with E-state index in [1.165, 1.54) is 13.4 Å². The van der Waals surface area contributed by atoms with Gasteiger partial charge in [-0.25, -0.2) is 0 Å². The average Bonchev–Trinajstić information content (AvgIpc) is 2.59. The first-order valence-electron chi connectivity index (χ1n) is 7.59. The maximum absolute atomic E-state index is 10.9. The normalized spacial score (nSPS) is 11.8. The average molecular weight is 319 g/mol. The number of aliphatic hydroxyl groups is 1. The highest BCUT2D eigenvalue weighted by Gasteiger charge is 2.32. The van der Waals surface area contributed by atoms with Crippen LogP contribution in [-0.2, 0) is 16.8 Å². The summed E-state index contributed by atoms with van der Waals surface area (Å²) in [4.78, 5) is 0. The van der Waals surface area contributed by atoms with Gasteiger partial charge in [-0.15, -0.1) is 0 Å². The van der Waals surface area contributed by atoms with E-state index in [1.54, 1.807) is 14.2 Å². The van der Waals surface area contributed by atoms with Crippen molar-refractivity contribution in [2.24, 2.45) is 0 Å². The number of methoxy groups -OCH3 is 3. The molecule has 0 aliphatic carbocycles. The van der Waals surface area contributed by atoms with Crippen LogP contribution in [0, 0.1) is 11.3 Å². The van der Waals surface area contributed by atoms with E-state index in [9.17, 15) is 5.11 Å².